The number of carbonyl (C=O) groups is 1. The Morgan fingerprint density at radius 1 is 1.13 bits per heavy atom. The van der Waals surface area contributed by atoms with Crippen molar-refractivity contribution in [3.05, 3.63) is 76.7 Å². The molecule has 0 unspecified atom stereocenters. The maximum atomic E-state index is 12.7. The summed E-state index contributed by atoms with van der Waals surface area (Å²) in [6.07, 6.45) is 4.56. The van der Waals surface area contributed by atoms with Crippen molar-refractivity contribution in [2.24, 2.45) is 0 Å². The zero-order valence-electron chi connectivity index (χ0n) is 24.4. The minimum Gasteiger partial charge on any atom is -0.493 e. The normalized spacial score (nSPS) is 11.8. The Balaban J connectivity index is 1.31. The highest BCUT2D eigenvalue weighted by atomic mass is 16.5. The number of fused-ring (bicyclic) bond motifs is 1. The van der Waals surface area contributed by atoms with E-state index in [9.17, 15) is 4.79 Å². The van der Waals surface area contributed by atoms with E-state index < -0.39 is 0 Å². The molecule has 2 aromatic heterocycles. The van der Waals surface area contributed by atoms with E-state index >= 15 is 0 Å². The molecule has 0 aliphatic carbocycles. The van der Waals surface area contributed by atoms with Crippen molar-refractivity contribution in [2.75, 3.05) is 13.2 Å². The van der Waals surface area contributed by atoms with Crippen molar-refractivity contribution in [3.63, 3.8) is 0 Å². The number of aromatic nitrogens is 3. The maximum Gasteiger partial charge on any atom is 0.251 e. The molecule has 208 valence electrons. The predicted octanol–water partition coefficient (Wildman–Crippen LogP) is 7.34. The molecule has 2 aromatic carbocycles. The monoisotopic (exact) mass is 530 g/mol. The summed E-state index contributed by atoms with van der Waals surface area (Å²) in [6.45, 7) is 16.2. The number of rotatable bonds is 12. The molecule has 0 radical (unpaired) electrons. The molecule has 39 heavy (non-hydrogen) atoms. The van der Waals surface area contributed by atoms with Crippen molar-refractivity contribution in [3.8, 4) is 17.2 Å². The van der Waals surface area contributed by atoms with E-state index in [1.54, 1.807) is 12.1 Å². The van der Waals surface area contributed by atoms with Crippen molar-refractivity contribution in [1.29, 1.82) is 0 Å². The van der Waals surface area contributed by atoms with E-state index in [0.717, 1.165) is 47.8 Å². The highest BCUT2D eigenvalue weighted by Gasteiger charge is 2.23. The Morgan fingerprint density at radius 2 is 1.87 bits per heavy atom. The summed E-state index contributed by atoms with van der Waals surface area (Å²) >= 11 is 0. The Morgan fingerprint density at radius 3 is 2.54 bits per heavy atom. The molecule has 4 aromatic rings. The lowest BCUT2D eigenvalue weighted by Gasteiger charge is -2.26. The van der Waals surface area contributed by atoms with Gasteiger partial charge in [-0.05, 0) is 73.4 Å². The molecular formula is C32H42N4O3. The van der Waals surface area contributed by atoms with Gasteiger partial charge in [-0.15, -0.1) is 0 Å². The molecule has 4 rings (SSSR count). The number of nitrogens with one attached hydrogen (secondary N) is 2. The third-order valence-electron chi connectivity index (χ3n) is 7.35. The summed E-state index contributed by atoms with van der Waals surface area (Å²) < 4.78 is 14.3. The first-order valence-corrected chi connectivity index (χ1v) is 14.0. The van der Waals surface area contributed by atoms with Crippen molar-refractivity contribution < 1.29 is 14.3 Å². The van der Waals surface area contributed by atoms with Gasteiger partial charge in [-0.2, -0.15) is 0 Å². The van der Waals surface area contributed by atoms with Crippen LogP contribution < -0.4 is 14.8 Å². The zero-order chi connectivity index (χ0) is 28.2. The number of hydrogen-bond donors (Lipinski definition) is 2. The summed E-state index contributed by atoms with van der Waals surface area (Å²) in [5, 5.41) is 6.35. The van der Waals surface area contributed by atoms with E-state index in [0.29, 0.717) is 30.4 Å². The van der Waals surface area contributed by atoms with Crippen LogP contribution in [0.3, 0.4) is 0 Å². The molecule has 0 fully saturated rings. The number of hydrogen-bond acceptors (Lipinski definition) is 4. The third-order valence-corrected chi connectivity index (χ3v) is 7.35. The summed E-state index contributed by atoms with van der Waals surface area (Å²) in [4.78, 5) is 17.4. The lowest BCUT2D eigenvalue weighted by atomic mass is 9.81. The van der Waals surface area contributed by atoms with Gasteiger partial charge in [-0.25, -0.2) is 9.50 Å². The second-order valence-corrected chi connectivity index (χ2v) is 11.1. The van der Waals surface area contributed by atoms with Gasteiger partial charge < -0.3 is 14.8 Å². The van der Waals surface area contributed by atoms with Crippen LogP contribution in [-0.2, 0) is 11.8 Å². The quantitative estimate of drug-likeness (QED) is 0.188. The molecule has 2 N–H and O–H groups in total. The van der Waals surface area contributed by atoms with Crippen molar-refractivity contribution in [1.82, 2.24) is 19.9 Å². The van der Waals surface area contributed by atoms with Crippen molar-refractivity contribution >= 4 is 11.6 Å². The number of ether oxygens (including phenoxy) is 2. The van der Waals surface area contributed by atoms with E-state index in [2.05, 4.69) is 77.1 Å². The van der Waals surface area contributed by atoms with Crippen LogP contribution in [0.15, 0.2) is 48.7 Å². The molecule has 1 amide bonds. The lowest BCUT2D eigenvalue weighted by Crippen LogP contribution is -2.25. The van der Waals surface area contributed by atoms with Crippen LogP contribution in [0.1, 0.15) is 93.2 Å². The van der Waals surface area contributed by atoms with Gasteiger partial charge in [-0.1, -0.05) is 59.2 Å². The molecule has 0 spiro atoms. The fraction of sp³-hybridized carbons (Fsp3) is 0.438. The van der Waals surface area contributed by atoms with Gasteiger partial charge >= 0.3 is 0 Å². The van der Waals surface area contributed by atoms with Gasteiger partial charge in [0, 0.05) is 12.1 Å². The number of aromatic amines is 1. The molecular weight excluding hydrogens is 488 g/mol. The topological polar surface area (TPSA) is 80.7 Å². The Kier molecular flexibility index (Phi) is 8.68. The number of benzene rings is 2. The highest BCUT2D eigenvalue weighted by Crippen LogP contribution is 2.35. The number of nitrogens with zero attached hydrogens (tertiary/aromatic N) is 2. The van der Waals surface area contributed by atoms with Gasteiger partial charge in [0.15, 0.2) is 11.4 Å². The fourth-order valence-corrected chi connectivity index (χ4v) is 4.44. The smallest absolute Gasteiger partial charge is 0.251 e. The third kappa shape index (κ3) is 6.47. The van der Waals surface area contributed by atoms with Crippen molar-refractivity contribution in [2.45, 2.75) is 79.1 Å². The summed E-state index contributed by atoms with van der Waals surface area (Å²) in [5.41, 5.74) is 5.87. The Hall–Kier alpha value is -3.74. The average molecular weight is 531 g/mol. The minimum atomic E-state index is -0.113. The summed E-state index contributed by atoms with van der Waals surface area (Å²) in [7, 11) is 0. The number of amides is 1. The predicted molar refractivity (Wildman–Crippen MR) is 156 cm³/mol. The summed E-state index contributed by atoms with van der Waals surface area (Å²) in [6, 6.07) is 13.6. The van der Waals surface area contributed by atoms with Crippen LogP contribution in [0.2, 0.25) is 0 Å². The molecule has 0 atom stereocenters. The van der Waals surface area contributed by atoms with Crippen LogP contribution in [0.4, 0.5) is 0 Å². The summed E-state index contributed by atoms with van der Waals surface area (Å²) in [5.74, 6) is 2.53. The standard InChI is InChI=1S/C32H42N4O3/c1-8-26-29(30-34-27(21(3)4)20-36(30)35-26)39-24-14-12-23(13-15-24)31(37)33-17-10-18-38-28-16-11-22(5)19-25(28)32(6,7)9-2/h11-16,19-21,35H,8-10,17-18H2,1-7H3,(H,33,37). The number of H-pyrrole nitrogens is 1. The first-order valence-electron chi connectivity index (χ1n) is 14.0. The molecule has 2 heterocycles. The number of aryl methyl sites for hydroxylation is 2. The molecule has 0 saturated carbocycles. The largest absolute Gasteiger partial charge is 0.493 e. The minimum absolute atomic E-state index is 0.0478. The molecule has 0 aliphatic heterocycles. The number of carbonyl (C=O) groups excluding carboxylic acids is 1. The van der Waals surface area contributed by atoms with Crippen LogP contribution in [0.5, 0.6) is 17.2 Å². The maximum absolute atomic E-state index is 12.7. The molecule has 7 nitrogen and oxygen atoms in total. The molecule has 0 bridgehead atoms. The number of imidazole rings is 1. The highest BCUT2D eigenvalue weighted by molar-refractivity contribution is 5.94. The second kappa shape index (κ2) is 12.0. The van der Waals surface area contributed by atoms with Gasteiger partial charge in [0.1, 0.15) is 11.5 Å². The van der Waals surface area contributed by atoms with Crippen LogP contribution >= 0.6 is 0 Å². The first-order chi connectivity index (χ1) is 18.6. The Labute approximate surface area is 231 Å². The molecule has 7 heteroatoms. The first kappa shape index (κ1) is 28.3. The SMILES string of the molecule is CCc1[nH]n2cc(C(C)C)nc2c1Oc1ccc(C(=O)NCCCOc2ccc(C)cc2C(C)(C)CC)cc1. The van der Waals surface area contributed by atoms with Crippen LogP contribution in [0.25, 0.3) is 5.65 Å². The van der Waals surface area contributed by atoms with Gasteiger partial charge in [0.25, 0.3) is 5.91 Å². The Bertz CT molecular complexity index is 1410. The van der Waals surface area contributed by atoms with E-state index in [1.165, 1.54) is 11.1 Å². The van der Waals surface area contributed by atoms with Gasteiger partial charge in [0.05, 0.1) is 24.2 Å². The van der Waals surface area contributed by atoms with E-state index in [1.807, 2.05) is 22.8 Å². The van der Waals surface area contributed by atoms with Crippen LogP contribution in [0, 0.1) is 6.92 Å². The second-order valence-electron chi connectivity index (χ2n) is 11.1. The molecule has 0 saturated heterocycles. The van der Waals surface area contributed by atoms with Gasteiger partial charge in [-0.3, -0.25) is 9.89 Å². The zero-order valence-corrected chi connectivity index (χ0v) is 24.4. The van der Waals surface area contributed by atoms with E-state index in [4.69, 9.17) is 14.5 Å². The van der Waals surface area contributed by atoms with Gasteiger partial charge in [0.2, 0.25) is 0 Å². The van der Waals surface area contributed by atoms with Crippen LogP contribution in [-0.4, -0.2) is 33.7 Å². The van der Waals surface area contributed by atoms with E-state index in [-0.39, 0.29) is 11.3 Å². The fourth-order valence-electron chi connectivity index (χ4n) is 4.44. The lowest BCUT2D eigenvalue weighted by molar-refractivity contribution is 0.0951. The molecule has 0 aliphatic rings. The average Bonchev–Trinajstić information content (AvgIpc) is 3.48.